The fourth-order valence-corrected chi connectivity index (χ4v) is 2.95. The molecule has 0 saturated heterocycles. The molecule has 0 bridgehead atoms. The Labute approximate surface area is 112 Å². The van der Waals surface area contributed by atoms with Crippen molar-refractivity contribution in [3.8, 4) is 0 Å². The molecule has 0 atom stereocenters. The number of nitrogens with zero attached hydrogens (tertiary/aromatic N) is 1. The fourth-order valence-electron chi connectivity index (χ4n) is 2.95. The first-order chi connectivity index (χ1) is 8.77. The topological polar surface area (TPSA) is 29.4 Å². The Morgan fingerprint density at radius 1 is 0.722 bits per heavy atom. The Kier molecular flexibility index (Phi) is 8.00. The van der Waals surface area contributed by atoms with E-state index in [2.05, 4.69) is 11.9 Å². The van der Waals surface area contributed by atoms with Gasteiger partial charge < -0.3 is 0 Å². The predicted octanol–water partition coefficient (Wildman–Crippen LogP) is 5.17. The second-order valence-corrected chi connectivity index (χ2v) is 6.09. The molecule has 0 N–H and O–H groups in total. The molecule has 1 fully saturated rings. The van der Waals surface area contributed by atoms with Crippen LogP contribution in [0.5, 0.6) is 0 Å². The molecule has 0 aromatic heterocycles. The molecule has 1 aliphatic rings. The van der Waals surface area contributed by atoms with Crippen LogP contribution in [-0.2, 0) is 4.79 Å². The first-order valence-corrected chi connectivity index (χ1v) is 7.86. The first kappa shape index (κ1) is 15.4. The van der Waals surface area contributed by atoms with E-state index in [1.807, 2.05) is 0 Å². The Bertz CT molecular complexity index is 242. The minimum atomic E-state index is -0.133. The zero-order valence-corrected chi connectivity index (χ0v) is 12.0. The summed E-state index contributed by atoms with van der Waals surface area (Å²) < 4.78 is 0. The quantitative estimate of drug-likeness (QED) is 0.467. The summed E-state index contributed by atoms with van der Waals surface area (Å²) in [6, 6.07) is 0. The van der Waals surface area contributed by atoms with Crippen LogP contribution in [0.2, 0.25) is 0 Å². The number of hydrogen-bond donors (Lipinski definition) is 0. The van der Waals surface area contributed by atoms with Gasteiger partial charge in [-0.1, -0.05) is 70.6 Å². The molecule has 104 valence electrons. The molecule has 0 aliphatic heterocycles. The van der Waals surface area contributed by atoms with Gasteiger partial charge in [-0.3, -0.25) is 0 Å². The first-order valence-electron chi connectivity index (χ1n) is 7.86. The monoisotopic (exact) mass is 251 g/mol. The lowest BCUT2D eigenvalue weighted by Crippen LogP contribution is -2.21. The summed E-state index contributed by atoms with van der Waals surface area (Å²) in [6.07, 6.45) is 18.6. The molecule has 2 heteroatoms. The summed E-state index contributed by atoms with van der Waals surface area (Å²) >= 11 is 0. The van der Waals surface area contributed by atoms with Crippen molar-refractivity contribution in [2.24, 2.45) is 4.99 Å². The highest BCUT2D eigenvalue weighted by atomic mass is 16.1. The normalized spacial score (nSPS) is 23.6. The molecule has 0 radical (unpaired) electrons. The van der Waals surface area contributed by atoms with Crippen LogP contribution >= 0.6 is 0 Å². The van der Waals surface area contributed by atoms with Crippen LogP contribution in [0.4, 0.5) is 0 Å². The molecular weight excluding hydrogens is 222 g/mol. The summed E-state index contributed by atoms with van der Waals surface area (Å²) in [5, 5.41) is 0. The van der Waals surface area contributed by atoms with Gasteiger partial charge in [0.2, 0.25) is 6.08 Å². The van der Waals surface area contributed by atoms with E-state index in [0.717, 1.165) is 12.8 Å². The zero-order chi connectivity index (χ0) is 13.1. The third-order valence-corrected chi connectivity index (χ3v) is 4.25. The number of aliphatic imine (C=N–C) groups is 1. The second-order valence-electron chi connectivity index (χ2n) is 6.09. The highest BCUT2D eigenvalue weighted by molar-refractivity contribution is 5.34. The van der Waals surface area contributed by atoms with Gasteiger partial charge in [0.05, 0.1) is 5.54 Å². The predicted molar refractivity (Wildman–Crippen MR) is 76.5 cm³/mol. The molecule has 0 unspecified atom stereocenters. The summed E-state index contributed by atoms with van der Waals surface area (Å²) in [5.74, 6) is 0. The average Bonchev–Trinajstić information content (AvgIpc) is 2.35. The molecular formula is C16H29NO. The lowest BCUT2D eigenvalue weighted by Gasteiger charge is -2.23. The van der Waals surface area contributed by atoms with Crippen molar-refractivity contribution < 1.29 is 4.79 Å². The molecule has 0 heterocycles. The van der Waals surface area contributed by atoms with Gasteiger partial charge in [0.15, 0.2) is 0 Å². The molecule has 1 rings (SSSR count). The van der Waals surface area contributed by atoms with Gasteiger partial charge in [-0.2, -0.15) is 4.99 Å². The SMILES string of the molecule is CC1(N=C=O)CCCCCCCCCCCCC1. The molecule has 2 nitrogen and oxygen atoms in total. The molecule has 0 amide bonds. The van der Waals surface area contributed by atoms with Crippen LogP contribution in [0.15, 0.2) is 4.99 Å². The number of rotatable bonds is 1. The number of isocyanates is 1. The van der Waals surface area contributed by atoms with E-state index in [-0.39, 0.29) is 5.54 Å². The lowest BCUT2D eigenvalue weighted by molar-refractivity contribution is 0.361. The molecule has 1 saturated carbocycles. The maximum Gasteiger partial charge on any atom is 0.235 e. The highest BCUT2D eigenvalue weighted by Gasteiger charge is 2.22. The van der Waals surface area contributed by atoms with Crippen molar-refractivity contribution in [1.29, 1.82) is 0 Å². The average molecular weight is 251 g/mol. The van der Waals surface area contributed by atoms with E-state index in [9.17, 15) is 4.79 Å². The maximum atomic E-state index is 10.6. The summed E-state index contributed by atoms with van der Waals surface area (Å²) in [7, 11) is 0. The highest BCUT2D eigenvalue weighted by Crippen LogP contribution is 2.27. The summed E-state index contributed by atoms with van der Waals surface area (Å²) in [4.78, 5) is 14.6. The third kappa shape index (κ3) is 6.96. The van der Waals surface area contributed by atoms with E-state index < -0.39 is 0 Å². The van der Waals surface area contributed by atoms with Gasteiger partial charge in [0.25, 0.3) is 0 Å². The van der Waals surface area contributed by atoms with Crippen molar-refractivity contribution in [3.63, 3.8) is 0 Å². The van der Waals surface area contributed by atoms with Gasteiger partial charge in [-0.25, -0.2) is 4.79 Å². The Balaban J connectivity index is 2.41. The number of hydrogen-bond acceptors (Lipinski definition) is 2. The standard InChI is InChI=1S/C16H29NO/c1-16(17-15-18)13-11-9-7-5-3-2-4-6-8-10-12-14-16/h2-14H2,1H3. The van der Waals surface area contributed by atoms with E-state index >= 15 is 0 Å². The molecule has 0 spiro atoms. The Morgan fingerprint density at radius 3 is 1.39 bits per heavy atom. The van der Waals surface area contributed by atoms with Crippen molar-refractivity contribution in [2.75, 3.05) is 0 Å². The lowest BCUT2D eigenvalue weighted by atomic mass is 9.88. The minimum absolute atomic E-state index is 0.133. The van der Waals surface area contributed by atoms with Crippen molar-refractivity contribution >= 4 is 6.08 Å². The molecule has 18 heavy (non-hydrogen) atoms. The van der Waals surface area contributed by atoms with Crippen molar-refractivity contribution in [2.45, 2.75) is 95.9 Å². The second kappa shape index (κ2) is 9.33. The van der Waals surface area contributed by atoms with Gasteiger partial charge in [0.1, 0.15) is 0 Å². The van der Waals surface area contributed by atoms with Crippen LogP contribution in [-0.4, -0.2) is 11.6 Å². The van der Waals surface area contributed by atoms with Gasteiger partial charge in [0, 0.05) is 0 Å². The van der Waals surface area contributed by atoms with E-state index in [4.69, 9.17) is 0 Å². The maximum absolute atomic E-state index is 10.6. The van der Waals surface area contributed by atoms with Gasteiger partial charge in [-0.05, 0) is 19.8 Å². The number of carbonyl (C=O) groups excluding carboxylic acids is 1. The Morgan fingerprint density at radius 2 is 1.06 bits per heavy atom. The zero-order valence-electron chi connectivity index (χ0n) is 12.0. The third-order valence-electron chi connectivity index (χ3n) is 4.25. The van der Waals surface area contributed by atoms with Crippen molar-refractivity contribution in [1.82, 2.24) is 0 Å². The van der Waals surface area contributed by atoms with E-state index in [1.165, 1.54) is 70.6 Å². The van der Waals surface area contributed by atoms with Crippen molar-refractivity contribution in [3.05, 3.63) is 0 Å². The van der Waals surface area contributed by atoms with Crippen LogP contribution in [0.1, 0.15) is 90.4 Å². The van der Waals surface area contributed by atoms with Gasteiger partial charge >= 0.3 is 0 Å². The molecule has 0 aromatic carbocycles. The molecule has 1 aliphatic carbocycles. The van der Waals surface area contributed by atoms with Crippen LogP contribution in [0.3, 0.4) is 0 Å². The van der Waals surface area contributed by atoms with Crippen LogP contribution < -0.4 is 0 Å². The largest absolute Gasteiger partial charge is 0.235 e. The van der Waals surface area contributed by atoms with Gasteiger partial charge in [-0.15, -0.1) is 0 Å². The summed E-state index contributed by atoms with van der Waals surface area (Å²) in [6.45, 7) is 2.13. The van der Waals surface area contributed by atoms with Crippen LogP contribution in [0.25, 0.3) is 0 Å². The minimum Gasteiger partial charge on any atom is -0.211 e. The fraction of sp³-hybridized carbons (Fsp3) is 0.938. The van der Waals surface area contributed by atoms with Crippen LogP contribution in [0, 0.1) is 0 Å². The van der Waals surface area contributed by atoms with E-state index in [0.29, 0.717) is 0 Å². The smallest absolute Gasteiger partial charge is 0.211 e. The summed E-state index contributed by atoms with van der Waals surface area (Å²) in [5.41, 5.74) is -0.133. The molecule has 0 aromatic rings. The Hall–Kier alpha value is -0.620. The van der Waals surface area contributed by atoms with E-state index in [1.54, 1.807) is 6.08 Å².